The van der Waals surface area contributed by atoms with E-state index in [4.69, 9.17) is 9.84 Å². The number of amides is 1. The summed E-state index contributed by atoms with van der Waals surface area (Å²) in [7, 11) is 0. The molecule has 24 heavy (non-hydrogen) atoms. The first-order chi connectivity index (χ1) is 11.5. The number of hydrogen-bond donors (Lipinski definition) is 1. The maximum Gasteiger partial charge on any atom is 0.334 e. The lowest BCUT2D eigenvalue weighted by Crippen LogP contribution is -2.48. The molecule has 8 heteroatoms. The number of carboxylic acids is 1. The van der Waals surface area contributed by atoms with Crippen LogP contribution >= 0.6 is 0 Å². The molecule has 2 aromatic rings. The minimum atomic E-state index is -1.10. The molecule has 1 amide bonds. The summed E-state index contributed by atoms with van der Waals surface area (Å²) in [6, 6.07) is 5.85. The van der Waals surface area contributed by atoms with E-state index in [1.54, 1.807) is 25.3 Å². The van der Waals surface area contributed by atoms with Crippen molar-refractivity contribution < 1.29 is 23.8 Å². The molecule has 0 spiro atoms. The van der Waals surface area contributed by atoms with Crippen molar-refractivity contribution in [1.29, 1.82) is 0 Å². The van der Waals surface area contributed by atoms with Gasteiger partial charge in [0.05, 0.1) is 18.8 Å². The summed E-state index contributed by atoms with van der Waals surface area (Å²) in [5.41, 5.74) is 1.56. The molecule has 1 aliphatic heterocycles. The van der Waals surface area contributed by atoms with Gasteiger partial charge in [0, 0.05) is 12.7 Å². The van der Waals surface area contributed by atoms with Crippen LogP contribution in [0, 0.1) is 12.7 Å². The number of rotatable bonds is 3. The first-order valence-electron chi connectivity index (χ1n) is 7.41. The van der Waals surface area contributed by atoms with Crippen molar-refractivity contribution in [2.45, 2.75) is 13.0 Å². The number of ether oxygens (including phenoxy) is 1. The average molecular weight is 333 g/mol. The van der Waals surface area contributed by atoms with Gasteiger partial charge in [0.25, 0.3) is 5.91 Å². The van der Waals surface area contributed by atoms with Crippen LogP contribution in [-0.2, 0) is 9.53 Å². The minimum Gasteiger partial charge on any atom is -0.479 e. The van der Waals surface area contributed by atoms with E-state index in [0.717, 1.165) is 0 Å². The Bertz CT molecular complexity index is 789. The van der Waals surface area contributed by atoms with E-state index < -0.39 is 12.1 Å². The Labute approximate surface area is 137 Å². The van der Waals surface area contributed by atoms with Crippen molar-refractivity contribution in [3.05, 3.63) is 47.5 Å². The lowest BCUT2D eigenvalue weighted by Gasteiger charge is -2.30. The molecular formula is C16H16FN3O4. The Kier molecular flexibility index (Phi) is 4.30. The first-order valence-corrected chi connectivity index (χ1v) is 7.41. The van der Waals surface area contributed by atoms with Crippen molar-refractivity contribution in [2.75, 3.05) is 19.7 Å². The molecule has 7 nitrogen and oxygen atoms in total. The molecule has 1 atom stereocenters. The highest BCUT2D eigenvalue weighted by Crippen LogP contribution is 2.16. The van der Waals surface area contributed by atoms with E-state index in [9.17, 15) is 14.0 Å². The second-order valence-corrected chi connectivity index (χ2v) is 5.53. The Hall–Kier alpha value is -2.74. The molecule has 1 aromatic heterocycles. The Morgan fingerprint density at radius 3 is 2.88 bits per heavy atom. The van der Waals surface area contributed by atoms with Gasteiger partial charge in [-0.2, -0.15) is 5.10 Å². The normalized spacial score (nSPS) is 17.8. The van der Waals surface area contributed by atoms with Gasteiger partial charge in [0.15, 0.2) is 11.8 Å². The number of carbonyl (C=O) groups is 2. The number of aliphatic carboxylic acids is 1. The second kappa shape index (κ2) is 6.40. The van der Waals surface area contributed by atoms with E-state index >= 15 is 0 Å². The quantitative estimate of drug-likeness (QED) is 0.914. The third-order valence-corrected chi connectivity index (χ3v) is 3.84. The Morgan fingerprint density at radius 2 is 2.17 bits per heavy atom. The first kappa shape index (κ1) is 16.1. The summed E-state index contributed by atoms with van der Waals surface area (Å²) in [5.74, 6) is -1.80. The van der Waals surface area contributed by atoms with Crippen LogP contribution in [0.1, 0.15) is 16.1 Å². The molecule has 0 saturated carbocycles. The van der Waals surface area contributed by atoms with Crippen LogP contribution in [0.25, 0.3) is 5.69 Å². The van der Waals surface area contributed by atoms with Crippen LogP contribution in [0.5, 0.6) is 0 Å². The van der Waals surface area contributed by atoms with Crippen LogP contribution in [0.4, 0.5) is 4.39 Å². The summed E-state index contributed by atoms with van der Waals surface area (Å²) >= 11 is 0. The van der Waals surface area contributed by atoms with Gasteiger partial charge in [-0.25, -0.2) is 13.9 Å². The fraction of sp³-hybridized carbons (Fsp3) is 0.312. The van der Waals surface area contributed by atoms with Gasteiger partial charge < -0.3 is 14.7 Å². The van der Waals surface area contributed by atoms with Crippen molar-refractivity contribution in [2.24, 2.45) is 0 Å². The predicted molar refractivity (Wildman–Crippen MR) is 81.5 cm³/mol. The molecule has 1 aliphatic rings. The molecule has 1 fully saturated rings. The summed E-state index contributed by atoms with van der Waals surface area (Å²) in [6.45, 7) is 2.21. The van der Waals surface area contributed by atoms with Gasteiger partial charge in [-0.3, -0.25) is 4.79 Å². The second-order valence-electron chi connectivity index (χ2n) is 5.53. The number of halogens is 1. The standard InChI is InChI=1S/C16H16FN3O4/c1-10-8-11(17)2-3-13(10)20-5-4-12(18-20)15(21)19-6-7-24-14(9-19)16(22)23/h2-5,8,14H,6-7,9H2,1H3,(H,22,23). The van der Waals surface area contributed by atoms with Gasteiger partial charge in [-0.1, -0.05) is 0 Å². The number of hydrogen-bond acceptors (Lipinski definition) is 4. The Balaban J connectivity index is 1.80. The summed E-state index contributed by atoms with van der Waals surface area (Å²) in [4.78, 5) is 24.9. The maximum atomic E-state index is 13.2. The molecule has 2 heterocycles. The van der Waals surface area contributed by atoms with Gasteiger partial charge in [0.1, 0.15) is 5.82 Å². The van der Waals surface area contributed by atoms with E-state index in [-0.39, 0.29) is 30.6 Å². The number of morpholine rings is 1. The third kappa shape index (κ3) is 3.13. The molecule has 1 unspecified atom stereocenters. The van der Waals surface area contributed by atoms with Crippen molar-refractivity contribution >= 4 is 11.9 Å². The van der Waals surface area contributed by atoms with E-state index in [2.05, 4.69) is 5.10 Å². The monoisotopic (exact) mass is 333 g/mol. The summed E-state index contributed by atoms with van der Waals surface area (Å²) in [5, 5.41) is 13.2. The topological polar surface area (TPSA) is 84.7 Å². The smallest absolute Gasteiger partial charge is 0.334 e. The molecule has 0 bridgehead atoms. The molecule has 3 rings (SSSR count). The molecule has 126 valence electrons. The zero-order valence-corrected chi connectivity index (χ0v) is 13.0. The number of carboxylic acid groups (broad SMARTS) is 1. The molecule has 0 radical (unpaired) electrons. The fourth-order valence-corrected chi connectivity index (χ4v) is 2.59. The zero-order chi connectivity index (χ0) is 17.3. The molecular weight excluding hydrogens is 317 g/mol. The number of aryl methyl sites for hydroxylation is 1. The van der Waals surface area contributed by atoms with Crippen molar-refractivity contribution in [3.63, 3.8) is 0 Å². The van der Waals surface area contributed by atoms with Crippen LogP contribution < -0.4 is 0 Å². The number of carbonyl (C=O) groups excluding carboxylic acids is 1. The summed E-state index contributed by atoms with van der Waals surface area (Å²) in [6.07, 6.45) is 0.590. The van der Waals surface area contributed by atoms with Gasteiger partial charge in [-0.05, 0) is 36.8 Å². The number of aromatic nitrogens is 2. The van der Waals surface area contributed by atoms with Crippen LogP contribution in [-0.4, -0.2) is 57.5 Å². The highest BCUT2D eigenvalue weighted by atomic mass is 19.1. The summed E-state index contributed by atoms with van der Waals surface area (Å²) < 4.78 is 19.8. The third-order valence-electron chi connectivity index (χ3n) is 3.84. The highest BCUT2D eigenvalue weighted by Gasteiger charge is 2.30. The van der Waals surface area contributed by atoms with Gasteiger partial charge in [-0.15, -0.1) is 0 Å². The SMILES string of the molecule is Cc1cc(F)ccc1-n1ccc(C(=O)N2CCOC(C(=O)O)C2)n1. The maximum absolute atomic E-state index is 13.2. The predicted octanol–water partition coefficient (Wildman–Crippen LogP) is 1.25. The molecule has 1 saturated heterocycles. The van der Waals surface area contributed by atoms with E-state index in [1.807, 2.05) is 0 Å². The van der Waals surface area contributed by atoms with Crippen molar-refractivity contribution in [1.82, 2.24) is 14.7 Å². The molecule has 1 N–H and O–H groups in total. The zero-order valence-electron chi connectivity index (χ0n) is 13.0. The number of nitrogens with zero attached hydrogens (tertiary/aromatic N) is 3. The van der Waals surface area contributed by atoms with Crippen molar-refractivity contribution in [3.8, 4) is 5.69 Å². The molecule has 1 aromatic carbocycles. The largest absolute Gasteiger partial charge is 0.479 e. The van der Waals surface area contributed by atoms with Crippen LogP contribution in [0.2, 0.25) is 0 Å². The van der Waals surface area contributed by atoms with Gasteiger partial charge >= 0.3 is 5.97 Å². The average Bonchev–Trinajstić information content (AvgIpc) is 3.04. The number of benzene rings is 1. The van der Waals surface area contributed by atoms with E-state index in [1.165, 1.54) is 21.7 Å². The fourth-order valence-electron chi connectivity index (χ4n) is 2.59. The lowest BCUT2D eigenvalue weighted by molar-refractivity contribution is -0.154. The lowest BCUT2D eigenvalue weighted by atomic mass is 10.2. The van der Waals surface area contributed by atoms with Gasteiger partial charge in [0.2, 0.25) is 0 Å². The highest BCUT2D eigenvalue weighted by molar-refractivity contribution is 5.92. The van der Waals surface area contributed by atoms with E-state index in [0.29, 0.717) is 17.8 Å². The Morgan fingerprint density at radius 1 is 1.38 bits per heavy atom. The van der Waals surface area contributed by atoms with Crippen LogP contribution in [0.15, 0.2) is 30.5 Å². The van der Waals surface area contributed by atoms with Crippen LogP contribution in [0.3, 0.4) is 0 Å². The molecule has 0 aliphatic carbocycles. The minimum absolute atomic E-state index is 0.0173.